The van der Waals surface area contributed by atoms with Crippen LogP contribution in [0.2, 0.25) is 5.02 Å². The number of rotatable bonds is 3. The molecule has 0 aliphatic rings. The molecule has 0 aliphatic heterocycles. The van der Waals surface area contributed by atoms with Crippen molar-refractivity contribution >= 4 is 34.5 Å². The fraction of sp³-hybridized carbons (Fsp3) is 0. The van der Waals surface area contributed by atoms with E-state index >= 15 is 0 Å². The molecule has 0 bridgehead atoms. The Labute approximate surface area is 114 Å². The Hall–Kier alpha value is -2.33. The van der Waals surface area contributed by atoms with Gasteiger partial charge in [0.25, 0.3) is 0 Å². The van der Waals surface area contributed by atoms with E-state index in [9.17, 15) is 0 Å². The molecule has 5 heteroatoms. The highest BCUT2D eigenvalue weighted by Crippen LogP contribution is 2.19. The second-order valence-corrected chi connectivity index (χ2v) is 4.36. The van der Waals surface area contributed by atoms with Gasteiger partial charge in [-0.2, -0.15) is 5.10 Å². The molecule has 3 aromatic rings. The molecular weight excluding hydrogens is 262 g/mol. The summed E-state index contributed by atoms with van der Waals surface area (Å²) in [4.78, 5) is 4.42. The summed E-state index contributed by atoms with van der Waals surface area (Å²) in [6.07, 6.45) is 3.19. The molecule has 2 aromatic heterocycles. The summed E-state index contributed by atoms with van der Waals surface area (Å²) >= 11 is 5.92. The Kier molecular flexibility index (Phi) is 3.16. The van der Waals surface area contributed by atoms with Gasteiger partial charge in [0, 0.05) is 10.4 Å². The first kappa shape index (κ1) is 11.7. The van der Waals surface area contributed by atoms with Crippen LogP contribution in [0.15, 0.2) is 58.2 Å². The highest BCUT2D eigenvalue weighted by molar-refractivity contribution is 6.31. The second-order valence-electron chi connectivity index (χ2n) is 3.92. The number of aromatic nitrogens is 1. The smallest absolute Gasteiger partial charge is 0.146 e. The maximum absolute atomic E-state index is 5.92. The molecule has 19 heavy (non-hydrogen) atoms. The molecule has 0 spiro atoms. The number of benzene rings is 1. The number of pyridine rings is 1. The van der Waals surface area contributed by atoms with Gasteiger partial charge in [-0.1, -0.05) is 11.6 Å². The molecule has 0 atom stereocenters. The van der Waals surface area contributed by atoms with Crippen molar-refractivity contribution < 1.29 is 4.42 Å². The van der Waals surface area contributed by atoms with Crippen molar-refractivity contribution in [3.63, 3.8) is 0 Å². The second kappa shape index (κ2) is 5.12. The Morgan fingerprint density at radius 1 is 1.21 bits per heavy atom. The molecule has 0 saturated carbocycles. The van der Waals surface area contributed by atoms with Crippen molar-refractivity contribution in [1.29, 1.82) is 0 Å². The fourth-order valence-electron chi connectivity index (χ4n) is 1.69. The lowest BCUT2D eigenvalue weighted by Gasteiger charge is -2.02. The van der Waals surface area contributed by atoms with Crippen LogP contribution in [-0.2, 0) is 0 Å². The van der Waals surface area contributed by atoms with Gasteiger partial charge in [-0.25, -0.2) is 4.98 Å². The van der Waals surface area contributed by atoms with Gasteiger partial charge in [-0.05, 0) is 42.5 Å². The summed E-state index contributed by atoms with van der Waals surface area (Å²) in [7, 11) is 0. The topological polar surface area (TPSA) is 50.4 Å². The molecule has 3 rings (SSSR count). The number of anilines is 1. The third-order valence-electron chi connectivity index (χ3n) is 2.57. The van der Waals surface area contributed by atoms with E-state index in [0.717, 1.165) is 10.9 Å². The summed E-state index contributed by atoms with van der Waals surface area (Å²) in [6, 6.07) is 13.0. The van der Waals surface area contributed by atoms with Crippen molar-refractivity contribution in [2.24, 2.45) is 5.10 Å². The highest BCUT2D eigenvalue weighted by Gasteiger charge is 1.98. The summed E-state index contributed by atoms with van der Waals surface area (Å²) in [5.41, 5.74) is 3.72. The van der Waals surface area contributed by atoms with E-state index in [0.29, 0.717) is 16.6 Å². The number of furan rings is 1. The average Bonchev–Trinajstić information content (AvgIpc) is 2.92. The SMILES string of the molecule is Clc1ccc2nc(N/N=C/c3ccco3)ccc2c1. The van der Waals surface area contributed by atoms with Gasteiger partial charge in [0.05, 0.1) is 18.0 Å². The van der Waals surface area contributed by atoms with Crippen LogP contribution in [-0.4, -0.2) is 11.2 Å². The Balaban J connectivity index is 1.80. The van der Waals surface area contributed by atoms with Crippen LogP contribution in [0.5, 0.6) is 0 Å². The molecule has 0 saturated heterocycles. The van der Waals surface area contributed by atoms with Crippen molar-refractivity contribution in [2.75, 3.05) is 5.43 Å². The van der Waals surface area contributed by atoms with E-state index in [4.69, 9.17) is 16.0 Å². The third kappa shape index (κ3) is 2.74. The van der Waals surface area contributed by atoms with Gasteiger partial charge < -0.3 is 4.42 Å². The molecule has 1 N–H and O–H groups in total. The fourth-order valence-corrected chi connectivity index (χ4v) is 1.87. The minimum atomic E-state index is 0.664. The van der Waals surface area contributed by atoms with E-state index in [1.54, 1.807) is 18.5 Å². The third-order valence-corrected chi connectivity index (χ3v) is 2.80. The normalized spacial score (nSPS) is 11.2. The highest BCUT2D eigenvalue weighted by atomic mass is 35.5. The lowest BCUT2D eigenvalue weighted by Crippen LogP contribution is -1.93. The van der Waals surface area contributed by atoms with Crippen molar-refractivity contribution in [1.82, 2.24) is 4.98 Å². The number of fused-ring (bicyclic) bond motifs is 1. The van der Waals surface area contributed by atoms with Crippen LogP contribution >= 0.6 is 11.6 Å². The molecule has 4 nitrogen and oxygen atoms in total. The zero-order valence-electron chi connectivity index (χ0n) is 9.88. The van der Waals surface area contributed by atoms with Gasteiger partial charge in [0.1, 0.15) is 11.6 Å². The summed E-state index contributed by atoms with van der Waals surface area (Å²) in [5, 5.41) is 5.74. The average molecular weight is 272 g/mol. The Morgan fingerprint density at radius 3 is 3.00 bits per heavy atom. The molecule has 0 radical (unpaired) electrons. The lowest BCUT2D eigenvalue weighted by molar-refractivity contribution is 0.560. The van der Waals surface area contributed by atoms with Crippen LogP contribution in [0, 0.1) is 0 Å². The number of hydrogen-bond acceptors (Lipinski definition) is 4. The van der Waals surface area contributed by atoms with Crippen LogP contribution in [0.4, 0.5) is 5.82 Å². The molecule has 0 amide bonds. The predicted molar refractivity (Wildman–Crippen MR) is 76.7 cm³/mol. The first-order valence-electron chi connectivity index (χ1n) is 5.70. The number of nitrogens with one attached hydrogen (secondary N) is 1. The lowest BCUT2D eigenvalue weighted by atomic mass is 10.2. The summed E-state index contributed by atoms with van der Waals surface area (Å²) in [6.45, 7) is 0. The van der Waals surface area contributed by atoms with Crippen LogP contribution in [0.3, 0.4) is 0 Å². The maximum Gasteiger partial charge on any atom is 0.146 e. The summed E-state index contributed by atoms with van der Waals surface area (Å²) < 4.78 is 5.13. The van der Waals surface area contributed by atoms with E-state index < -0.39 is 0 Å². The Morgan fingerprint density at radius 2 is 2.16 bits per heavy atom. The van der Waals surface area contributed by atoms with Crippen LogP contribution < -0.4 is 5.43 Å². The van der Waals surface area contributed by atoms with Gasteiger partial charge >= 0.3 is 0 Å². The largest absolute Gasteiger partial charge is 0.463 e. The van der Waals surface area contributed by atoms with Crippen LogP contribution in [0.1, 0.15) is 5.76 Å². The monoisotopic (exact) mass is 271 g/mol. The predicted octanol–water partition coefficient (Wildman–Crippen LogP) is 3.93. The maximum atomic E-state index is 5.92. The first-order chi connectivity index (χ1) is 9.31. The van der Waals surface area contributed by atoms with E-state index in [1.807, 2.05) is 36.4 Å². The molecular formula is C14H10ClN3O. The van der Waals surface area contributed by atoms with Gasteiger partial charge in [0.15, 0.2) is 0 Å². The van der Waals surface area contributed by atoms with Crippen molar-refractivity contribution in [3.05, 3.63) is 59.5 Å². The zero-order chi connectivity index (χ0) is 13.1. The van der Waals surface area contributed by atoms with Crippen molar-refractivity contribution in [3.8, 4) is 0 Å². The standard InChI is InChI=1S/C14H10ClN3O/c15-11-4-5-13-10(8-11)3-6-14(17-13)18-16-9-12-2-1-7-19-12/h1-9H,(H,17,18)/b16-9+. The first-order valence-corrected chi connectivity index (χ1v) is 6.08. The molecule has 94 valence electrons. The quantitative estimate of drug-likeness (QED) is 0.580. The van der Waals surface area contributed by atoms with Crippen LogP contribution in [0.25, 0.3) is 10.9 Å². The number of halogens is 1. The number of hydrazone groups is 1. The van der Waals surface area contributed by atoms with Crippen molar-refractivity contribution in [2.45, 2.75) is 0 Å². The minimum absolute atomic E-state index is 0.664. The summed E-state index contributed by atoms with van der Waals surface area (Å²) in [5.74, 6) is 1.35. The molecule has 1 aromatic carbocycles. The van der Waals surface area contributed by atoms with E-state index in [-0.39, 0.29) is 0 Å². The molecule has 0 aliphatic carbocycles. The Bertz CT molecular complexity index is 723. The van der Waals surface area contributed by atoms with Gasteiger partial charge in [-0.15, -0.1) is 0 Å². The van der Waals surface area contributed by atoms with Gasteiger partial charge in [-0.3, -0.25) is 5.43 Å². The van der Waals surface area contributed by atoms with Gasteiger partial charge in [0.2, 0.25) is 0 Å². The molecule has 0 unspecified atom stereocenters. The van der Waals surface area contributed by atoms with E-state index in [1.165, 1.54) is 0 Å². The number of nitrogens with zero attached hydrogens (tertiary/aromatic N) is 2. The minimum Gasteiger partial charge on any atom is -0.463 e. The molecule has 2 heterocycles. The zero-order valence-corrected chi connectivity index (χ0v) is 10.6. The molecule has 0 fully saturated rings. The van der Waals surface area contributed by atoms with E-state index in [2.05, 4.69) is 15.5 Å². The number of hydrogen-bond donors (Lipinski definition) is 1.